The van der Waals surface area contributed by atoms with E-state index in [-0.39, 0.29) is 11.2 Å². The highest BCUT2D eigenvalue weighted by atomic mass is 16.5. The van der Waals surface area contributed by atoms with Crippen LogP contribution in [0.3, 0.4) is 0 Å². The van der Waals surface area contributed by atoms with Crippen molar-refractivity contribution in [2.24, 2.45) is 0 Å². The first-order valence-electron chi connectivity index (χ1n) is 10.9. The lowest BCUT2D eigenvalue weighted by molar-refractivity contribution is 0.0969. The Labute approximate surface area is 185 Å². The Kier molecular flexibility index (Phi) is 4.73. The van der Waals surface area contributed by atoms with Crippen LogP contribution >= 0.6 is 0 Å². The van der Waals surface area contributed by atoms with Crippen molar-refractivity contribution < 1.29 is 13.7 Å². The highest BCUT2D eigenvalue weighted by Gasteiger charge is 2.44. The number of aryl methyl sites for hydroxylation is 2. The van der Waals surface area contributed by atoms with Crippen molar-refractivity contribution in [2.75, 3.05) is 4.90 Å². The van der Waals surface area contributed by atoms with Gasteiger partial charge in [-0.05, 0) is 48.1 Å². The molecule has 4 aromatic rings. The van der Waals surface area contributed by atoms with Gasteiger partial charge in [-0.1, -0.05) is 56.3 Å². The van der Waals surface area contributed by atoms with Gasteiger partial charge in [-0.3, -0.25) is 14.5 Å². The molecule has 2 aromatic heterocycles. The second kappa shape index (κ2) is 7.48. The fourth-order valence-corrected chi connectivity index (χ4v) is 4.32. The number of nitrogens with zero attached hydrogens (tertiary/aromatic N) is 2. The summed E-state index contributed by atoms with van der Waals surface area (Å²) in [6.07, 6.45) is 0.801. The maximum absolute atomic E-state index is 13.7. The lowest BCUT2D eigenvalue weighted by Gasteiger charge is -2.22. The average Bonchev–Trinajstić information content (AvgIpc) is 3.34. The molecule has 6 heteroatoms. The SMILES string of the molecule is CCc1ccc2oc3c(c(=O)c2c1)[C@@H](c1ccc(C(C)C)cc1)N(c1cc(C)on1)C3=O. The summed E-state index contributed by atoms with van der Waals surface area (Å²) >= 11 is 0. The first-order chi connectivity index (χ1) is 15.4. The van der Waals surface area contributed by atoms with Crippen LogP contribution in [-0.4, -0.2) is 11.1 Å². The topological polar surface area (TPSA) is 76.6 Å². The van der Waals surface area contributed by atoms with E-state index in [2.05, 4.69) is 19.0 Å². The quantitative estimate of drug-likeness (QED) is 0.427. The van der Waals surface area contributed by atoms with Crippen LogP contribution in [0.1, 0.15) is 71.3 Å². The molecule has 1 aliphatic heterocycles. The summed E-state index contributed by atoms with van der Waals surface area (Å²) < 4.78 is 11.3. The zero-order valence-electron chi connectivity index (χ0n) is 18.5. The van der Waals surface area contributed by atoms with Crippen molar-refractivity contribution in [3.63, 3.8) is 0 Å². The van der Waals surface area contributed by atoms with Crippen molar-refractivity contribution in [3.05, 3.63) is 92.5 Å². The van der Waals surface area contributed by atoms with Crippen molar-refractivity contribution in [3.8, 4) is 0 Å². The minimum Gasteiger partial charge on any atom is -0.450 e. The third kappa shape index (κ3) is 3.06. The molecule has 6 nitrogen and oxygen atoms in total. The number of rotatable bonds is 4. The minimum atomic E-state index is -0.644. The average molecular weight is 428 g/mol. The largest absolute Gasteiger partial charge is 0.450 e. The summed E-state index contributed by atoms with van der Waals surface area (Å²) in [5, 5.41) is 4.55. The van der Waals surface area contributed by atoms with E-state index in [0.29, 0.717) is 34.0 Å². The van der Waals surface area contributed by atoms with Gasteiger partial charge in [0, 0.05) is 6.07 Å². The Morgan fingerprint density at radius 3 is 2.44 bits per heavy atom. The highest BCUT2D eigenvalue weighted by molar-refractivity contribution is 6.10. The fourth-order valence-electron chi connectivity index (χ4n) is 4.32. The van der Waals surface area contributed by atoms with Gasteiger partial charge in [0.05, 0.1) is 17.0 Å². The Balaban J connectivity index is 1.77. The molecule has 0 saturated heterocycles. The van der Waals surface area contributed by atoms with Crippen LogP contribution in [0.4, 0.5) is 5.82 Å². The molecule has 162 valence electrons. The van der Waals surface area contributed by atoms with Gasteiger partial charge < -0.3 is 8.94 Å². The Hall–Kier alpha value is -3.67. The molecule has 0 spiro atoms. The lowest BCUT2D eigenvalue weighted by Crippen LogP contribution is -2.29. The smallest absolute Gasteiger partial charge is 0.296 e. The van der Waals surface area contributed by atoms with Gasteiger partial charge in [-0.25, -0.2) is 0 Å². The molecule has 1 atom stereocenters. The molecule has 0 aliphatic carbocycles. The van der Waals surface area contributed by atoms with Gasteiger partial charge in [-0.2, -0.15) is 0 Å². The van der Waals surface area contributed by atoms with E-state index in [1.165, 1.54) is 10.5 Å². The van der Waals surface area contributed by atoms with Gasteiger partial charge in [0.25, 0.3) is 5.91 Å². The van der Waals surface area contributed by atoms with E-state index in [0.717, 1.165) is 17.5 Å². The summed E-state index contributed by atoms with van der Waals surface area (Å²) in [7, 11) is 0. The molecule has 1 aliphatic rings. The number of anilines is 1. The van der Waals surface area contributed by atoms with Crippen LogP contribution in [0.2, 0.25) is 0 Å². The summed E-state index contributed by atoms with van der Waals surface area (Å²) in [4.78, 5) is 28.7. The summed E-state index contributed by atoms with van der Waals surface area (Å²) in [5.74, 6) is 0.969. The Morgan fingerprint density at radius 2 is 1.81 bits per heavy atom. The third-order valence-electron chi connectivity index (χ3n) is 6.12. The Morgan fingerprint density at radius 1 is 1.06 bits per heavy atom. The predicted molar refractivity (Wildman–Crippen MR) is 122 cm³/mol. The molecule has 0 fully saturated rings. The van der Waals surface area contributed by atoms with Gasteiger partial charge in [0.2, 0.25) is 5.76 Å². The number of aromatic nitrogens is 1. The van der Waals surface area contributed by atoms with E-state index in [4.69, 9.17) is 8.94 Å². The molecule has 1 amide bonds. The second-order valence-electron chi connectivity index (χ2n) is 8.55. The number of hydrogen-bond acceptors (Lipinski definition) is 5. The minimum absolute atomic E-state index is 0.0605. The number of amides is 1. The molecular weight excluding hydrogens is 404 g/mol. The number of carbonyl (C=O) groups excluding carboxylic acids is 1. The van der Waals surface area contributed by atoms with Crippen LogP contribution in [-0.2, 0) is 6.42 Å². The Bertz CT molecular complexity index is 1400. The van der Waals surface area contributed by atoms with Crippen molar-refractivity contribution >= 4 is 22.7 Å². The number of hydrogen-bond donors (Lipinski definition) is 0. The monoisotopic (exact) mass is 428 g/mol. The second-order valence-corrected chi connectivity index (χ2v) is 8.55. The molecule has 0 bridgehead atoms. The van der Waals surface area contributed by atoms with E-state index < -0.39 is 11.9 Å². The van der Waals surface area contributed by atoms with Crippen molar-refractivity contribution in [1.29, 1.82) is 0 Å². The predicted octanol–water partition coefficient (Wildman–Crippen LogP) is 5.53. The van der Waals surface area contributed by atoms with Crippen LogP contribution in [0.15, 0.2) is 62.3 Å². The molecular formula is C26H24N2O4. The van der Waals surface area contributed by atoms with Crippen LogP contribution < -0.4 is 10.3 Å². The van der Waals surface area contributed by atoms with E-state index in [1.807, 2.05) is 43.3 Å². The van der Waals surface area contributed by atoms with Crippen molar-refractivity contribution in [2.45, 2.75) is 46.1 Å². The zero-order valence-corrected chi connectivity index (χ0v) is 18.5. The molecule has 2 aromatic carbocycles. The normalized spacial score (nSPS) is 15.7. The molecule has 0 N–H and O–H groups in total. The van der Waals surface area contributed by atoms with Crippen LogP contribution in [0.25, 0.3) is 11.0 Å². The maximum Gasteiger partial charge on any atom is 0.296 e. The van der Waals surface area contributed by atoms with Crippen molar-refractivity contribution in [1.82, 2.24) is 5.16 Å². The number of carbonyl (C=O) groups is 1. The molecule has 0 radical (unpaired) electrons. The standard InChI is InChI=1S/C26H24N2O4/c1-5-16-6-11-20-19(13-16)24(29)22-23(18-9-7-17(8-10-18)14(2)3)28(26(30)25(22)31-20)21-12-15(4)32-27-21/h6-14,23H,5H2,1-4H3/t23-/m1/s1. The van der Waals surface area contributed by atoms with Gasteiger partial charge in [0.15, 0.2) is 11.2 Å². The molecule has 5 rings (SSSR count). The molecule has 0 saturated carbocycles. The van der Waals surface area contributed by atoms with Gasteiger partial charge in [-0.15, -0.1) is 0 Å². The maximum atomic E-state index is 13.7. The molecule has 3 heterocycles. The zero-order chi connectivity index (χ0) is 22.6. The third-order valence-corrected chi connectivity index (χ3v) is 6.12. The lowest BCUT2D eigenvalue weighted by atomic mass is 9.95. The summed E-state index contributed by atoms with van der Waals surface area (Å²) in [6, 6.07) is 14.6. The van der Waals surface area contributed by atoms with E-state index >= 15 is 0 Å². The molecule has 32 heavy (non-hydrogen) atoms. The van der Waals surface area contributed by atoms with Crippen LogP contribution in [0, 0.1) is 6.92 Å². The summed E-state index contributed by atoms with van der Waals surface area (Å²) in [5.41, 5.74) is 3.60. The first kappa shape index (κ1) is 20.2. The van der Waals surface area contributed by atoms with E-state index in [9.17, 15) is 9.59 Å². The van der Waals surface area contributed by atoms with Gasteiger partial charge >= 0.3 is 0 Å². The molecule has 0 unspecified atom stereocenters. The van der Waals surface area contributed by atoms with E-state index in [1.54, 1.807) is 19.1 Å². The number of benzene rings is 2. The van der Waals surface area contributed by atoms with Gasteiger partial charge in [0.1, 0.15) is 11.3 Å². The first-order valence-corrected chi connectivity index (χ1v) is 10.9. The highest BCUT2D eigenvalue weighted by Crippen LogP contribution is 2.41. The summed E-state index contributed by atoms with van der Waals surface area (Å²) in [6.45, 7) is 8.05. The fraction of sp³-hybridized carbons (Fsp3) is 0.269. The van der Waals surface area contributed by atoms with Crippen LogP contribution in [0.5, 0.6) is 0 Å². The number of fused-ring (bicyclic) bond motifs is 2.